The molecule has 21 heavy (non-hydrogen) atoms. The number of nitrogens with two attached hydrogens (primary N) is 1. The van der Waals surface area contributed by atoms with Crippen molar-refractivity contribution >= 4 is 29.0 Å². The largest absolute Gasteiger partial charge is 0.389 e. The molecule has 1 aromatic carbocycles. The van der Waals surface area contributed by atoms with Crippen LogP contribution in [0.25, 0.3) is 0 Å². The average Bonchev–Trinajstić information content (AvgIpc) is 2.34. The molecule has 4 nitrogen and oxygen atoms in total. The fraction of sp³-hybridized carbons (Fsp3) is 0.400. The Morgan fingerprint density at radius 1 is 1.33 bits per heavy atom. The van der Waals surface area contributed by atoms with Crippen LogP contribution in [0.1, 0.15) is 37.8 Å². The van der Waals surface area contributed by atoms with Crippen LogP contribution in [0.3, 0.4) is 0 Å². The van der Waals surface area contributed by atoms with Gasteiger partial charge in [-0.05, 0) is 23.1 Å². The molecule has 0 saturated carbocycles. The normalized spacial score (nSPS) is 18.0. The number of hydrogen-bond donors (Lipinski definition) is 1. The minimum atomic E-state index is -0.510. The molecule has 0 atom stereocenters. The first kappa shape index (κ1) is 15.6. The van der Waals surface area contributed by atoms with Crippen molar-refractivity contribution in [2.75, 3.05) is 0 Å². The number of thiocarbonyl (C=S) groups is 1. The number of hydrogen-bond acceptors (Lipinski definition) is 3. The Bertz CT molecular complexity index is 608. The van der Waals surface area contributed by atoms with Gasteiger partial charge in [0.1, 0.15) is 10.8 Å². The predicted octanol–water partition coefficient (Wildman–Crippen LogP) is 2.14. The maximum Gasteiger partial charge on any atom is 0.230 e. The Morgan fingerprint density at radius 2 is 1.90 bits per heavy atom. The molecule has 0 bridgehead atoms. The van der Waals surface area contributed by atoms with E-state index in [9.17, 15) is 14.0 Å². The summed E-state index contributed by atoms with van der Waals surface area (Å²) < 4.78 is 13.5. The van der Waals surface area contributed by atoms with Gasteiger partial charge < -0.3 is 5.73 Å². The Labute approximate surface area is 128 Å². The van der Waals surface area contributed by atoms with Crippen LogP contribution in [0.15, 0.2) is 18.2 Å². The van der Waals surface area contributed by atoms with Crippen molar-refractivity contribution in [3.8, 4) is 0 Å². The summed E-state index contributed by atoms with van der Waals surface area (Å²) in [6, 6.07) is 4.25. The van der Waals surface area contributed by atoms with Gasteiger partial charge in [0.2, 0.25) is 11.8 Å². The number of likely N-dealkylation sites (tertiary alicyclic amines) is 1. The zero-order chi connectivity index (χ0) is 15.8. The van der Waals surface area contributed by atoms with Crippen LogP contribution in [0.4, 0.5) is 4.39 Å². The summed E-state index contributed by atoms with van der Waals surface area (Å²) in [5, 5.41) is 0. The summed E-state index contributed by atoms with van der Waals surface area (Å²) in [6.07, 6.45) is 0.643. The molecule has 0 spiro atoms. The van der Waals surface area contributed by atoms with Gasteiger partial charge in [-0.1, -0.05) is 32.1 Å². The fourth-order valence-electron chi connectivity index (χ4n) is 2.43. The molecule has 0 aromatic heterocycles. The molecule has 1 heterocycles. The van der Waals surface area contributed by atoms with E-state index in [4.69, 9.17) is 18.0 Å². The summed E-state index contributed by atoms with van der Waals surface area (Å²) in [7, 11) is 0. The van der Waals surface area contributed by atoms with Gasteiger partial charge in [-0.15, -0.1) is 0 Å². The van der Waals surface area contributed by atoms with E-state index < -0.39 is 5.82 Å². The molecule has 1 fully saturated rings. The first-order chi connectivity index (χ1) is 9.69. The lowest BCUT2D eigenvalue weighted by atomic mass is 9.81. The second-order valence-corrected chi connectivity index (χ2v) is 6.51. The number of imide groups is 1. The van der Waals surface area contributed by atoms with Crippen molar-refractivity contribution in [3.63, 3.8) is 0 Å². The van der Waals surface area contributed by atoms with Gasteiger partial charge in [0.25, 0.3) is 0 Å². The van der Waals surface area contributed by atoms with Crippen molar-refractivity contribution in [2.24, 2.45) is 11.1 Å². The van der Waals surface area contributed by atoms with E-state index >= 15 is 0 Å². The zero-order valence-corrected chi connectivity index (χ0v) is 12.8. The Morgan fingerprint density at radius 3 is 2.43 bits per heavy atom. The molecule has 6 heteroatoms. The summed E-state index contributed by atoms with van der Waals surface area (Å²) in [6.45, 7) is 3.90. The summed E-state index contributed by atoms with van der Waals surface area (Å²) in [5.74, 6) is -0.932. The molecule has 112 valence electrons. The number of carbonyl (C=O) groups excluding carboxylic acids is 2. The third kappa shape index (κ3) is 3.44. The van der Waals surface area contributed by atoms with Crippen molar-refractivity contribution in [1.29, 1.82) is 0 Å². The van der Waals surface area contributed by atoms with E-state index in [1.165, 1.54) is 23.1 Å². The topological polar surface area (TPSA) is 63.4 Å². The molecule has 0 unspecified atom stereocenters. The van der Waals surface area contributed by atoms with Gasteiger partial charge >= 0.3 is 0 Å². The van der Waals surface area contributed by atoms with Crippen molar-refractivity contribution in [2.45, 2.75) is 33.2 Å². The molecular weight excluding hydrogens is 291 g/mol. The van der Waals surface area contributed by atoms with Crippen LogP contribution in [-0.4, -0.2) is 21.7 Å². The molecule has 1 saturated heterocycles. The lowest BCUT2D eigenvalue weighted by molar-refractivity contribution is -0.153. The molecule has 0 aliphatic carbocycles. The highest BCUT2D eigenvalue weighted by Crippen LogP contribution is 2.32. The summed E-state index contributed by atoms with van der Waals surface area (Å²) >= 11 is 4.78. The lowest BCUT2D eigenvalue weighted by Gasteiger charge is -2.34. The van der Waals surface area contributed by atoms with Crippen molar-refractivity contribution < 1.29 is 14.0 Å². The van der Waals surface area contributed by atoms with E-state index in [-0.39, 0.29) is 34.3 Å². The number of piperidine rings is 1. The van der Waals surface area contributed by atoms with Crippen LogP contribution in [-0.2, 0) is 16.1 Å². The summed E-state index contributed by atoms with van der Waals surface area (Å²) in [5.41, 5.74) is 5.89. The molecule has 1 aromatic rings. The lowest BCUT2D eigenvalue weighted by Crippen LogP contribution is -2.45. The van der Waals surface area contributed by atoms with Gasteiger partial charge in [-0.2, -0.15) is 0 Å². The number of carbonyl (C=O) groups is 2. The van der Waals surface area contributed by atoms with Gasteiger partial charge in [0.15, 0.2) is 0 Å². The highest BCUT2D eigenvalue weighted by Gasteiger charge is 2.37. The van der Waals surface area contributed by atoms with Crippen LogP contribution < -0.4 is 5.73 Å². The third-order valence-electron chi connectivity index (χ3n) is 3.50. The van der Waals surface area contributed by atoms with Crippen LogP contribution in [0.2, 0.25) is 0 Å². The molecule has 0 radical (unpaired) electrons. The minimum Gasteiger partial charge on any atom is -0.389 e. The Balaban J connectivity index is 2.22. The molecule has 1 aliphatic heterocycles. The molecule has 2 rings (SSSR count). The Hall–Kier alpha value is -1.82. The fourth-order valence-corrected chi connectivity index (χ4v) is 2.59. The maximum absolute atomic E-state index is 13.5. The highest BCUT2D eigenvalue weighted by atomic mass is 32.1. The van der Waals surface area contributed by atoms with Crippen molar-refractivity contribution in [3.05, 3.63) is 35.1 Å². The average molecular weight is 308 g/mol. The van der Waals surface area contributed by atoms with Crippen molar-refractivity contribution in [1.82, 2.24) is 4.90 Å². The first-order valence-electron chi connectivity index (χ1n) is 6.61. The predicted molar refractivity (Wildman–Crippen MR) is 80.9 cm³/mol. The van der Waals surface area contributed by atoms with Gasteiger partial charge in [-0.25, -0.2) is 4.39 Å². The second kappa shape index (κ2) is 5.52. The van der Waals surface area contributed by atoms with E-state index in [0.717, 1.165) is 0 Å². The summed E-state index contributed by atoms with van der Waals surface area (Å²) in [4.78, 5) is 25.3. The number of amides is 2. The van der Waals surface area contributed by atoms with Crippen LogP contribution in [0.5, 0.6) is 0 Å². The van der Waals surface area contributed by atoms with Gasteiger partial charge in [0, 0.05) is 18.4 Å². The first-order valence-corrected chi connectivity index (χ1v) is 7.02. The quantitative estimate of drug-likeness (QED) is 0.686. The molecular formula is C15H17FN2O2S. The van der Waals surface area contributed by atoms with Gasteiger partial charge in [-0.3, -0.25) is 14.5 Å². The van der Waals surface area contributed by atoms with E-state index in [1.54, 1.807) is 0 Å². The maximum atomic E-state index is 13.5. The number of benzene rings is 1. The third-order valence-corrected chi connectivity index (χ3v) is 3.72. The van der Waals surface area contributed by atoms with E-state index in [0.29, 0.717) is 18.4 Å². The van der Waals surface area contributed by atoms with E-state index in [2.05, 4.69) is 0 Å². The van der Waals surface area contributed by atoms with Crippen LogP contribution >= 0.6 is 12.2 Å². The standard InChI is InChI=1S/C15H17FN2O2S/c1-15(2)6-12(19)18(13(20)7-15)8-9-3-4-11(16)10(5-9)14(17)21/h3-5H,6-8H2,1-2H3,(H2,17,21). The minimum absolute atomic E-state index is 0.0493. The SMILES string of the molecule is CC1(C)CC(=O)N(Cc2ccc(F)c(C(N)=S)c2)C(=O)C1. The molecule has 1 aliphatic rings. The number of nitrogens with zero attached hydrogens (tertiary/aromatic N) is 1. The number of rotatable bonds is 3. The highest BCUT2D eigenvalue weighted by molar-refractivity contribution is 7.80. The van der Waals surface area contributed by atoms with Crippen LogP contribution in [0, 0.1) is 11.2 Å². The monoisotopic (exact) mass is 308 g/mol. The second-order valence-electron chi connectivity index (χ2n) is 6.07. The molecule has 2 amide bonds. The smallest absolute Gasteiger partial charge is 0.230 e. The van der Waals surface area contributed by atoms with Gasteiger partial charge in [0.05, 0.1) is 6.54 Å². The molecule has 2 N–H and O–H groups in total. The van der Waals surface area contributed by atoms with E-state index in [1.807, 2.05) is 13.8 Å². The number of halogens is 1. The Kier molecular flexibility index (Phi) is 4.09. The zero-order valence-electron chi connectivity index (χ0n) is 12.0.